The molecule has 4 fully saturated rings. The van der Waals surface area contributed by atoms with E-state index in [2.05, 4.69) is 113 Å². The van der Waals surface area contributed by atoms with Crippen LogP contribution in [0.2, 0.25) is 0 Å². The van der Waals surface area contributed by atoms with Gasteiger partial charge in [-0.15, -0.1) is 0 Å². The monoisotopic (exact) mass is 1790 g/mol. The summed E-state index contributed by atoms with van der Waals surface area (Å²) in [4.78, 5) is 0. The second-order valence-corrected chi connectivity index (χ2v) is 37.2. The maximum atomic E-state index is 13.5. The molecule has 8 N–H and O–H groups in total. The molecule has 0 radical (unpaired) electrons. The Morgan fingerprint density at radius 1 is 0.344 bits per heavy atom. The van der Waals surface area contributed by atoms with Gasteiger partial charge in [-0.3, -0.25) is 0 Å². The molecule has 4 aliphatic rings. The van der Waals surface area contributed by atoms with Crippen molar-refractivity contribution < 1.29 is 62.8 Å². The number of halogens is 5. The van der Waals surface area contributed by atoms with Gasteiger partial charge in [0.25, 0.3) is 5.92 Å². The molecule has 4 saturated carbocycles. The van der Waals surface area contributed by atoms with Gasteiger partial charge in [0, 0.05) is 12.8 Å². The third kappa shape index (κ3) is 39.1. The summed E-state index contributed by atoms with van der Waals surface area (Å²) in [7, 11) is 0. The average molecular weight is 1790 g/mol. The molecule has 0 spiro atoms. The highest BCUT2D eigenvalue weighted by molar-refractivity contribution is 5.35. The maximum Gasteiger partial charge on any atom is 0.421 e. The first kappa shape index (κ1) is 109. The van der Waals surface area contributed by atoms with E-state index < -0.39 is 41.6 Å². The summed E-state index contributed by atoms with van der Waals surface area (Å²) in [6, 6.07) is 89.9. The van der Waals surface area contributed by atoms with Crippen molar-refractivity contribution in [2.75, 3.05) is 0 Å². The van der Waals surface area contributed by atoms with Gasteiger partial charge in [0.05, 0.1) is 30.5 Å². The van der Waals surface area contributed by atoms with E-state index in [1.165, 1.54) is 159 Å². The minimum Gasteiger partial charge on any atom is -0.392 e. The second-order valence-electron chi connectivity index (χ2n) is 37.2. The van der Waals surface area contributed by atoms with Gasteiger partial charge in [-0.05, 0) is 205 Å². The Balaban J connectivity index is 0.000000202. The maximum absolute atomic E-state index is 13.5. The molecular weight excluding hydrogens is 1640 g/mol. The van der Waals surface area contributed by atoms with E-state index in [0.29, 0.717) is 38.0 Å². The number of rotatable bonds is 24. The van der Waals surface area contributed by atoms with Crippen LogP contribution in [0.5, 0.6) is 0 Å². The number of benzene rings is 11. The van der Waals surface area contributed by atoms with Gasteiger partial charge in [0.1, 0.15) is 12.2 Å². The number of aryl methyl sites for hydroxylation is 9. The summed E-state index contributed by atoms with van der Waals surface area (Å²) in [5.41, 5.74) is 17.4. The molecule has 4 aliphatic carbocycles. The summed E-state index contributed by atoms with van der Waals surface area (Å²) in [6.45, 7) is 22.1. The molecule has 8 nitrogen and oxygen atoms in total. The minimum atomic E-state index is -4.64. The number of alkyl halides is 5. The molecule has 15 rings (SSSR count). The van der Waals surface area contributed by atoms with Crippen LogP contribution in [-0.4, -0.2) is 53.0 Å². The highest BCUT2D eigenvalue weighted by Gasteiger charge is 2.54. The number of unbranched alkanes of at least 4 members (excludes halogenated alkanes) is 3. The van der Waals surface area contributed by atoms with Crippen molar-refractivity contribution in [3.05, 3.63) is 390 Å². The van der Waals surface area contributed by atoms with Crippen LogP contribution in [0.1, 0.15) is 323 Å². The predicted molar refractivity (Wildman–Crippen MR) is 531 cm³/mol. The summed E-state index contributed by atoms with van der Waals surface area (Å²) < 4.78 is 66.3. The van der Waals surface area contributed by atoms with Crippen molar-refractivity contribution in [3.63, 3.8) is 0 Å². The van der Waals surface area contributed by atoms with E-state index >= 15 is 0 Å². The molecule has 6 atom stereocenters. The van der Waals surface area contributed by atoms with Crippen molar-refractivity contribution in [2.45, 2.75) is 316 Å². The molecule has 0 aliphatic heterocycles. The van der Waals surface area contributed by atoms with Crippen LogP contribution < -0.4 is 0 Å². The number of hydrogen-bond donors (Lipinski definition) is 8. The van der Waals surface area contributed by atoms with Gasteiger partial charge in [-0.25, -0.2) is 8.78 Å². The zero-order valence-corrected chi connectivity index (χ0v) is 80.2. The van der Waals surface area contributed by atoms with Crippen LogP contribution in [-0.2, 0) is 30.7 Å². The molecular formula is C118H153F5O8. The third-order valence-electron chi connectivity index (χ3n) is 25.7. The number of aliphatic hydroxyl groups excluding tert-OH is 6. The summed E-state index contributed by atoms with van der Waals surface area (Å²) in [5.74, 6) is -0.844. The Kier molecular flexibility index (Phi) is 47.6. The van der Waals surface area contributed by atoms with Gasteiger partial charge in [0.15, 0.2) is 5.60 Å². The van der Waals surface area contributed by atoms with Crippen LogP contribution in [0.15, 0.2) is 279 Å². The third-order valence-corrected chi connectivity index (χ3v) is 25.7. The number of hydrogen-bond acceptors (Lipinski definition) is 8. The topological polar surface area (TPSA) is 162 Å². The van der Waals surface area contributed by atoms with E-state index in [4.69, 9.17) is 5.11 Å². The molecule has 0 saturated heterocycles. The van der Waals surface area contributed by atoms with Crippen LogP contribution >= 0.6 is 0 Å². The van der Waals surface area contributed by atoms with Crippen molar-refractivity contribution in [2.24, 2.45) is 17.8 Å². The predicted octanol–water partition coefficient (Wildman–Crippen LogP) is 30.1. The van der Waals surface area contributed by atoms with Gasteiger partial charge in [-0.1, -0.05) is 446 Å². The Bertz CT molecular complexity index is 4810. The van der Waals surface area contributed by atoms with Gasteiger partial charge >= 0.3 is 6.18 Å². The Morgan fingerprint density at radius 2 is 0.702 bits per heavy atom. The molecule has 6 unspecified atom stereocenters. The molecule has 0 amide bonds. The largest absolute Gasteiger partial charge is 0.421 e. The smallest absolute Gasteiger partial charge is 0.392 e. The zero-order chi connectivity index (χ0) is 95.2. The van der Waals surface area contributed by atoms with Gasteiger partial charge < -0.3 is 40.9 Å². The molecule has 131 heavy (non-hydrogen) atoms. The SMILES string of the molecule is CCCCC(F)(F)C(O)c1ccc(C)cc1.CCCCCC(O)(c1ccc(C)cc1)C(F)(F)F.Cc1ccc(C(O)C2CCCCC2)cc1.Cc1ccc(C(O)CC2CCCCC2)cc1.Cc1ccc(C(O)Cc2ccccc2)cc1.Cc1ccc(C(O)c2ccccc2)cc1.Cc1ccc(C2(O)CCC2)cc1.Cc1ccc(CC2CCCCC2)cc1.Cc1ccc(CO)cc1. The quantitative estimate of drug-likeness (QED) is 0.0219. The van der Waals surface area contributed by atoms with Crippen molar-refractivity contribution in [1.82, 2.24) is 0 Å². The fourth-order valence-corrected chi connectivity index (χ4v) is 16.7. The molecule has 11 aromatic rings. The molecule has 0 heterocycles. The first-order valence-electron chi connectivity index (χ1n) is 48.3. The van der Waals surface area contributed by atoms with Crippen molar-refractivity contribution >= 4 is 0 Å². The van der Waals surface area contributed by atoms with Crippen LogP contribution in [0.25, 0.3) is 0 Å². The molecule has 11 aromatic carbocycles. The van der Waals surface area contributed by atoms with Crippen LogP contribution in [0.3, 0.4) is 0 Å². The fraction of sp³-hybridized carbons (Fsp3) is 0.441. The van der Waals surface area contributed by atoms with E-state index in [1.807, 2.05) is 187 Å². The molecule has 13 heteroatoms. The Labute approximate surface area is 782 Å². The zero-order valence-electron chi connectivity index (χ0n) is 80.2. The summed E-state index contributed by atoms with van der Waals surface area (Å²) in [5, 5.41) is 78.8. The van der Waals surface area contributed by atoms with Crippen LogP contribution in [0.4, 0.5) is 22.0 Å². The highest BCUT2D eigenvalue weighted by Crippen LogP contribution is 2.44. The lowest BCUT2D eigenvalue weighted by Gasteiger charge is -2.37. The first-order valence-corrected chi connectivity index (χ1v) is 48.3. The normalized spacial score (nSPS) is 15.9. The lowest BCUT2D eigenvalue weighted by atomic mass is 9.75. The average Bonchev–Trinajstić information content (AvgIpc) is 0.776. The highest BCUT2D eigenvalue weighted by atomic mass is 19.4. The van der Waals surface area contributed by atoms with Gasteiger partial charge in [0.2, 0.25) is 0 Å². The molecule has 0 bridgehead atoms. The lowest BCUT2D eigenvalue weighted by Crippen LogP contribution is -2.42. The fourth-order valence-electron chi connectivity index (χ4n) is 16.7. The van der Waals surface area contributed by atoms with Gasteiger partial charge in [-0.2, -0.15) is 13.2 Å². The van der Waals surface area contributed by atoms with E-state index in [0.717, 1.165) is 99.6 Å². The lowest BCUT2D eigenvalue weighted by molar-refractivity contribution is -0.269. The summed E-state index contributed by atoms with van der Waals surface area (Å²) in [6.07, 6.45) is 20.9. The van der Waals surface area contributed by atoms with Crippen LogP contribution in [0, 0.1) is 80.1 Å². The Morgan fingerprint density at radius 3 is 1.11 bits per heavy atom. The van der Waals surface area contributed by atoms with Crippen molar-refractivity contribution in [3.8, 4) is 0 Å². The minimum absolute atomic E-state index is 0.0725. The summed E-state index contributed by atoms with van der Waals surface area (Å²) >= 11 is 0. The molecule has 0 aromatic heterocycles. The standard InChI is InChI=1S/C15H22O.C15H16O.C14H19F3O.C14H20O.C14H14O.C14H20.C13H18F2O.C11H14O.C8H10O/c2*1-12-7-9-14(10-8-12)15(16)11-13-5-3-2-4-6-13;1-3-4-5-10-13(18,14(15,16)17)12-8-6-11(2)7-9-12;2*1-11-7-9-13(10-8-11)14(15)12-5-3-2-4-6-12;1-12-7-9-14(10-8-12)11-13-5-3-2-4-6-13;1-3-4-9-13(14,15)12(16)11-7-5-10(2)6-8-11;1-9-3-5-10(6-4-9)11(12)7-2-8-11;1-7-2-4-8(6-9)5-3-7/h7-10,13,15-16H,2-6,11H2,1H3;2-10,15-16H,11H2,1H3;6-9,18H,3-5,10H2,1-2H3;7-10,12,14-15H,2-6H2,1H3;2-10,14-15H,1H3;7-10,13H,2-6,11H2,1H3;5-8,12,16H,3-4,9H2,1-2H3;3-6,12H,2,7-8H2,1H3;2-5,9H,6H2,1H3. The molecule has 708 valence electrons. The Hall–Kier alpha value is -9.25. The first-order chi connectivity index (χ1) is 62.7. The number of aliphatic hydroxyl groups is 8. The van der Waals surface area contributed by atoms with E-state index in [-0.39, 0.29) is 42.8 Å². The van der Waals surface area contributed by atoms with E-state index in [1.54, 1.807) is 43.3 Å². The second kappa shape index (κ2) is 57.4. The van der Waals surface area contributed by atoms with Crippen molar-refractivity contribution in [1.29, 1.82) is 0 Å². The van der Waals surface area contributed by atoms with E-state index in [9.17, 15) is 57.7 Å².